The SMILES string of the molecule is Cc1nc(COc2ccccc2/C=C/C(=O)Nc2ccc(Cl)cc2F)cs1. The van der Waals surface area contributed by atoms with Crippen LogP contribution >= 0.6 is 22.9 Å². The summed E-state index contributed by atoms with van der Waals surface area (Å²) in [6.07, 6.45) is 2.94. The van der Waals surface area contributed by atoms with Crippen LogP contribution in [-0.2, 0) is 11.4 Å². The van der Waals surface area contributed by atoms with Crippen LogP contribution in [0.25, 0.3) is 6.08 Å². The second-order valence-corrected chi connectivity index (χ2v) is 7.13. The Morgan fingerprint density at radius 2 is 2.15 bits per heavy atom. The van der Waals surface area contributed by atoms with Gasteiger partial charge in [-0.15, -0.1) is 11.3 Å². The van der Waals surface area contributed by atoms with E-state index in [-0.39, 0.29) is 10.7 Å². The van der Waals surface area contributed by atoms with Crippen molar-refractivity contribution in [1.29, 1.82) is 0 Å². The molecule has 1 N–H and O–H groups in total. The normalized spacial score (nSPS) is 10.9. The third-order valence-corrected chi connectivity index (χ3v) is 4.62. The first-order chi connectivity index (χ1) is 13.0. The maximum atomic E-state index is 13.8. The Morgan fingerprint density at radius 3 is 2.89 bits per heavy atom. The largest absolute Gasteiger partial charge is 0.487 e. The molecule has 27 heavy (non-hydrogen) atoms. The van der Waals surface area contributed by atoms with Crippen LogP contribution in [0.15, 0.2) is 53.9 Å². The summed E-state index contributed by atoms with van der Waals surface area (Å²) in [7, 11) is 0. The Balaban J connectivity index is 1.66. The number of ether oxygens (including phenoxy) is 1. The molecule has 3 aromatic rings. The first kappa shape index (κ1) is 19.1. The van der Waals surface area contributed by atoms with Crippen molar-refractivity contribution >= 4 is 40.6 Å². The molecule has 0 spiro atoms. The number of benzene rings is 2. The molecule has 0 aliphatic carbocycles. The summed E-state index contributed by atoms with van der Waals surface area (Å²) < 4.78 is 19.6. The molecule has 138 valence electrons. The first-order valence-corrected chi connectivity index (χ1v) is 9.34. The molecule has 0 saturated carbocycles. The number of anilines is 1. The van der Waals surface area contributed by atoms with Crippen LogP contribution in [0.3, 0.4) is 0 Å². The Kier molecular flexibility index (Phi) is 6.21. The number of para-hydroxylation sites is 1. The van der Waals surface area contributed by atoms with Gasteiger partial charge in [0.05, 0.1) is 16.4 Å². The Labute approximate surface area is 165 Å². The standard InChI is InChI=1S/C20H16ClFN2O2S/c1-13-23-16(12-27-13)11-26-19-5-3-2-4-14(19)6-9-20(25)24-18-8-7-15(21)10-17(18)22/h2-10,12H,11H2,1H3,(H,24,25)/b9-6+. The molecule has 0 radical (unpaired) electrons. The van der Waals surface area contributed by atoms with Gasteiger partial charge in [0, 0.05) is 22.0 Å². The summed E-state index contributed by atoms with van der Waals surface area (Å²) in [5.41, 5.74) is 1.65. The highest BCUT2D eigenvalue weighted by atomic mass is 35.5. The lowest BCUT2D eigenvalue weighted by Crippen LogP contribution is -2.09. The van der Waals surface area contributed by atoms with Crippen molar-refractivity contribution in [3.63, 3.8) is 0 Å². The lowest BCUT2D eigenvalue weighted by atomic mass is 10.2. The Hall–Kier alpha value is -2.70. The van der Waals surface area contributed by atoms with Crippen molar-refractivity contribution < 1.29 is 13.9 Å². The van der Waals surface area contributed by atoms with Crippen molar-refractivity contribution in [2.45, 2.75) is 13.5 Å². The van der Waals surface area contributed by atoms with E-state index in [4.69, 9.17) is 16.3 Å². The van der Waals surface area contributed by atoms with Gasteiger partial charge in [-0.2, -0.15) is 0 Å². The molecule has 2 aromatic carbocycles. The Bertz CT molecular complexity index is 988. The molecule has 0 aliphatic rings. The molecule has 0 fully saturated rings. The van der Waals surface area contributed by atoms with Gasteiger partial charge in [-0.3, -0.25) is 4.79 Å². The lowest BCUT2D eigenvalue weighted by molar-refractivity contribution is -0.111. The number of hydrogen-bond acceptors (Lipinski definition) is 4. The molecule has 7 heteroatoms. The highest BCUT2D eigenvalue weighted by Gasteiger charge is 2.07. The quantitative estimate of drug-likeness (QED) is 0.556. The third kappa shape index (κ3) is 5.39. The number of aromatic nitrogens is 1. The molecule has 1 aromatic heterocycles. The number of rotatable bonds is 6. The van der Waals surface area contributed by atoms with Crippen LogP contribution in [-0.4, -0.2) is 10.9 Å². The topological polar surface area (TPSA) is 51.2 Å². The van der Waals surface area contributed by atoms with Gasteiger partial charge in [-0.25, -0.2) is 9.37 Å². The summed E-state index contributed by atoms with van der Waals surface area (Å²) in [4.78, 5) is 16.4. The van der Waals surface area contributed by atoms with Crippen LogP contribution in [0.5, 0.6) is 5.75 Å². The van der Waals surface area contributed by atoms with Gasteiger partial charge in [0.1, 0.15) is 18.2 Å². The van der Waals surface area contributed by atoms with Crippen LogP contribution in [0.1, 0.15) is 16.3 Å². The molecule has 1 amide bonds. The summed E-state index contributed by atoms with van der Waals surface area (Å²) in [5.74, 6) is -0.419. The molecule has 0 saturated heterocycles. The zero-order valence-corrected chi connectivity index (χ0v) is 16.0. The molecular weight excluding hydrogens is 387 g/mol. The number of nitrogens with one attached hydrogen (secondary N) is 1. The number of thiazole rings is 1. The van der Waals surface area contributed by atoms with E-state index in [0.717, 1.165) is 22.3 Å². The molecule has 0 atom stereocenters. The van der Waals surface area contributed by atoms with E-state index in [1.54, 1.807) is 17.4 Å². The lowest BCUT2D eigenvalue weighted by Gasteiger charge is -2.08. The highest BCUT2D eigenvalue weighted by Crippen LogP contribution is 2.22. The fraction of sp³-hybridized carbons (Fsp3) is 0.100. The van der Waals surface area contributed by atoms with E-state index < -0.39 is 11.7 Å². The number of carbonyl (C=O) groups excluding carboxylic acids is 1. The van der Waals surface area contributed by atoms with Crippen LogP contribution in [0.4, 0.5) is 10.1 Å². The van der Waals surface area contributed by atoms with Gasteiger partial charge in [-0.1, -0.05) is 29.8 Å². The maximum Gasteiger partial charge on any atom is 0.248 e. The van der Waals surface area contributed by atoms with E-state index in [1.807, 2.05) is 36.6 Å². The van der Waals surface area contributed by atoms with E-state index in [9.17, 15) is 9.18 Å². The Morgan fingerprint density at radius 1 is 1.33 bits per heavy atom. The fourth-order valence-corrected chi connectivity index (χ4v) is 3.06. The predicted molar refractivity (Wildman–Crippen MR) is 107 cm³/mol. The van der Waals surface area contributed by atoms with Crippen molar-refractivity contribution in [2.75, 3.05) is 5.32 Å². The first-order valence-electron chi connectivity index (χ1n) is 8.08. The zero-order chi connectivity index (χ0) is 19.2. The molecule has 0 bridgehead atoms. The highest BCUT2D eigenvalue weighted by molar-refractivity contribution is 7.09. The number of aryl methyl sites for hydroxylation is 1. The van der Waals surface area contributed by atoms with Crippen molar-refractivity contribution in [1.82, 2.24) is 4.98 Å². The summed E-state index contributed by atoms with van der Waals surface area (Å²) >= 11 is 7.27. The van der Waals surface area contributed by atoms with Gasteiger partial charge >= 0.3 is 0 Å². The minimum absolute atomic E-state index is 0.0671. The number of carbonyl (C=O) groups is 1. The van der Waals surface area contributed by atoms with E-state index in [1.165, 1.54) is 18.2 Å². The van der Waals surface area contributed by atoms with Gasteiger partial charge in [0.2, 0.25) is 5.91 Å². The number of halogens is 2. The minimum atomic E-state index is -0.591. The summed E-state index contributed by atoms with van der Waals surface area (Å²) in [6.45, 7) is 2.28. The van der Waals surface area contributed by atoms with Crippen LogP contribution < -0.4 is 10.1 Å². The predicted octanol–water partition coefficient (Wildman–Crippen LogP) is 5.47. The van der Waals surface area contributed by atoms with Crippen molar-refractivity contribution in [3.8, 4) is 5.75 Å². The van der Waals surface area contributed by atoms with Crippen molar-refractivity contribution in [2.24, 2.45) is 0 Å². The molecule has 0 aliphatic heterocycles. The van der Waals surface area contributed by atoms with E-state index in [2.05, 4.69) is 10.3 Å². The summed E-state index contributed by atoms with van der Waals surface area (Å²) in [6, 6.07) is 11.4. The number of amides is 1. The third-order valence-electron chi connectivity index (χ3n) is 3.56. The van der Waals surface area contributed by atoms with Gasteiger partial charge in [-0.05, 0) is 37.3 Å². The second-order valence-electron chi connectivity index (χ2n) is 5.63. The molecule has 1 heterocycles. The molecular formula is C20H16ClFN2O2S. The maximum absolute atomic E-state index is 13.8. The molecule has 0 unspecified atom stereocenters. The van der Waals surface area contributed by atoms with E-state index in [0.29, 0.717) is 12.4 Å². The van der Waals surface area contributed by atoms with Gasteiger partial charge in [0.15, 0.2) is 0 Å². The summed E-state index contributed by atoms with van der Waals surface area (Å²) in [5, 5.41) is 5.67. The number of nitrogens with zero attached hydrogens (tertiary/aromatic N) is 1. The zero-order valence-electron chi connectivity index (χ0n) is 14.4. The smallest absolute Gasteiger partial charge is 0.248 e. The van der Waals surface area contributed by atoms with E-state index >= 15 is 0 Å². The van der Waals surface area contributed by atoms with Gasteiger partial charge < -0.3 is 10.1 Å². The molecule has 3 rings (SSSR count). The van der Waals surface area contributed by atoms with Gasteiger partial charge in [0.25, 0.3) is 0 Å². The molecule has 4 nitrogen and oxygen atoms in total. The van der Waals surface area contributed by atoms with Crippen LogP contribution in [0.2, 0.25) is 5.02 Å². The fourth-order valence-electron chi connectivity index (χ4n) is 2.31. The average molecular weight is 403 g/mol. The number of hydrogen-bond donors (Lipinski definition) is 1. The average Bonchev–Trinajstić information content (AvgIpc) is 3.06. The minimum Gasteiger partial charge on any atom is -0.487 e. The van der Waals surface area contributed by atoms with Crippen LogP contribution in [0, 0.1) is 12.7 Å². The second kappa shape index (κ2) is 8.79. The van der Waals surface area contributed by atoms with Crippen molar-refractivity contribution in [3.05, 3.63) is 81.0 Å². The monoisotopic (exact) mass is 402 g/mol.